The monoisotopic (exact) mass is 277 g/mol. The molecule has 0 aromatic heterocycles. The molecular formula is C13H15N3O4. The van der Waals surface area contributed by atoms with Gasteiger partial charge in [-0.3, -0.25) is 14.9 Å². The smallest absolute Gasteiger partial charge is 0.273 e. The highest BCUT2D eigenvalue weighted by Gasteiger charge is 2.34. The molecule has 7 nitrogen and oxygen atoms in total. The highest BCUT2D eigenvalue weighted by molar-refractivity contribution is 5.74. The SMILES string of the molecule is CC(=O)N1CCN2c3ccc([N+](=O)[O-])cc3OC[C@H]2C1. The minimum atomic E-state index is -0.427. The number of ether oxygens (including phenoxy) is 1. The van der Waals surface area contributed by atoms with Gasteiger partial charge in [0.15, 0.2) is 0 Å². The summed E-state index contributed by atoms with van der Waals surface area (Å²) < 4.78 is 5.63. The normalized spacial score (nSPS) is 20.8. The Morgan fingerprint density at radius 2 is 2.25 bits per heavy atom. The number of hydrogen-bond acceptors (Lipinski definition) is 5. The molecule has 0 radical (unpaired) electrons. The van der Waals surface area contributed by atoms with Crippen LogP contribution in [0, 0.1) is 10.1 Å². The standard InChI is InChI=1S/C13H15N3O4/c1-9(17)14-4-5-15-11(7-14)8-20-13-6-10(16(18)19)2-3-12(13)15/h2-3,6,11H,4-5,7-8H2,1H3/t11-/m1/s1. The van der Waals surface area contributed by atoms with Gasteiger partial charge in [0.25, 0.3) is 5.69 Å². The van der Waals surface area contributed by atoms with Crippen LogP contribution in [0.3, 0.4) is 0 Å². The van der Waals surface area contributed by atoms with Crippen LogP contribution in [-0.2, 0) is 4.79 Å². The van der Waals surface area contributed by atoms with Crippen molar-refractivity contribution in [1.29, 1.82) is 0 Å². The summed E-state index contributed by atoms with van der Waals surface area (Å²) in [5.74, 6) is 0.617. The van der Waals surface area contributed by atoms with Crippen LogP contribution in [0.4, 0.5) is 11.4 Å². The number of amides is 1. The second-order valence-electron chi connectivity index (χ2n) is 5.03. The molecule has 0 N–H and O–H groups in total. The molecule has 1 atom stereocenters. The largest absolute Gasteiger partial charge is 0.489 e. The first-order valence-electron chi connectivity index (χ1n) is 6.49. The lowest BCUT2D eigenvalue weighted by atomic mass is 10.1. The van der Waals surface area contributed by atoms with Gasteiger partial charge >= 0.3 is 0 Å². The van der Waals surface area contributed by atoms with Crippen LogP contribution in [0.5, 0.6) is 5.75 Å². The zero-order chi connectivity index (χ0) is 14.3. The molecule has 1 fully saturated rings. The molecule has 3 rings (SSSR count). The molecule has 2 aliphatic rings. The maximum Gasteiger partial charge on any atom is 0.273 e. The van der Waals surface area contributed by atoms with Crippen molar-refractivity contribution in [2.75, 3.05) is 31.1 Å². The van der Waals surface area contributed by atoms with Crippen LogP contribution in [0.25, 0.3) is 0 Å². The number of nitro groups is 1. The maximum atomic E-state index is 11.4. The summed E-state index contributed by atoms with van der Waals surface area (Å²) in [5.41, 5.74) is 0.902. The minimum Gasteiger partial charge on any atom is -0.489 e. The number of benzene rings is 1. The van der Waals surface area contributed by atoms with Crippen molar-refractivity contribution in [1.82, 2.24) is 4.90 Å². The average molecular weight is 277 g/mol. The van der Waals surface area contributed by atoms with Crippen molar-refractivity contribution in [3.63, 3.8) is 0 Å². The third-order valence-corrected chi connectivity index (χ3v) is 3.82. The van der Waals surface area contributed by atoms with Gasteiger partial charge < -0.3 is 14.5 Å². The van der Waals surface area contributed by atoms with E-state index < -0.39 is 4.92 Å². The predicted molar refractivity (Wildman–Crippen MR) is 72.0 cm³/mol. The lowest BCUT2D eigenvalue weighted by Gasteiger charge is -2.45. The lowest BCUT2D eigenvalue weighted by molar-refractivity contribution is -0.384. The molecule has 0 aliphatic carbocycles. The number of carbonyl (C=O) groups is 1. The number of nitro benzene ring substituents is 1. The molecule has 0 spiro atoms. The molecule has 1 aromatic rings. The van der Waals surface area contributed by atoms with Crippen LogP contribution >= 0.6 is 0 Å². The van der Waals surface area contributed by atoms with E-state index in [9.17, 15) is 14.9 Å². The predicted octanol–water partition coefficient (Wildman–Crippen LogP) is 1.02. The number of carbonyl (C=O) groups excluding carboxylic acids is 1. The van der Waals surface area contributed by atoms with E-state index in [0.29, 0.717) is 25.4 Å². The molecular weight excluding hydrogens is 262 g/mol. The quantitative estimate of drug-likeness (QED) is 0.566. The molecule has 1 aromatic carbocycles. The molecule has 0 bridgehead atoms. The molecule has 7 heteroatoms. The van der Waals surface area contributed by atoms with E-state index in [2.05, 4.69) is 4.90 Å². The molecule has 20 heavy (non-hydrogen) atoms. The number of rotatable bonds is 1. The van der Waals surface area contributed by atoms with E-state index in [4.69, 9.17) is 4.74 Å². The molecule has 2 heterocycles. The van der Waals surface area contributed by atoms with Crippen molar-refractivity contribution < 1.29 is 14.5 Å². The van der Waals surface area contributed by atoms with Crippen LogP contribution in [-0.4, -0.2) is 48.0 Å². The van der Waals surface area contributed by atoms with Gasteiger partial charge in [-0.1, -0.05) is 0 Å². The number of hydrogen-bond donors (Lipinski definition) is 0. The number of non-ortho nitro benzene ring substituents is 1. The van der Waals surface area contributed by atoms with Crippen LogP contribution in [0.2, 0.25) is 0 Å². The van der Waals surface area contributed by atoms with E-state index in [1.165, 1.54) is 12.1 Å². The number of anilines is 1. The van der Waals surface area contributed by atoms with Gasteiger partial charge in [0, 0.05) is 32.6 Å². The van der Waals surface area contributed by atoms with Gasteiger partial charge in [-0.2, -0.15) is 0 Å². The summed E-state index contributed by atoms with van der Waals surface area (Å²) in [6.07, 6.45) is 0. The Hall–Kier alpha value is -2.31. The van der Waals surface area contributed by atoms with E-state index in [-0.39, 0.29) is 17.6 Å². The van der Waals surface area contributed by atoms with Gasteiger partial charge in [-0.15, -0.1) is 0 Å². The highest BCUT2D eigenvalue weighted by atomic mass is 16.6. The van der Waals surface area contributed by atoms with Crippen LogP contribution in [0.15, 0.2) is 18.2 Å². The zero-order valence-electron chi connectivity index (χ0n) is 11.1. The Morgan fingerprint density at radius 3 is 2.95 bits per heavy atom. The Bertz CT molecular complexity index is 575. The second kappa shape index (κ2) is 4.66. The second-order valence-corrected chi connectivity index (χ2v) is 5.03. The first-order chi connectivity index (χ1) is 9.56. The molecule has 0 unspecified atom stereocenters. The highest BCUT2D eigenvalue weighted by Crippen LogP contribution is 2.37. The summed E-state index contributed by atoms with van der Waals surface area (Å²) in [5, 5.41) is 10.8. The van der Waals surface area contributed by atoms with E-state index >= 15 is 0 Å². The fraction of sp³-hybridized carbons (Fsp3) is 0.462. The summed E-state index contributed by atoms with van der Waals surface area (Å²) in [7, 11) is 0. The lowest BCUT2D eigenvalue weighted by Crippen LogP contribution is -2.58. The van der Waals surface area contributed by atoms with Gasteiger partial charge in [0.05, 0.1) is 22.7 Å². The van der Waals surface area contributed by atoms with Crippen molar-refractivity contribution in [3.05, 3.63) is 28.3 Å². The topological polar surface area (TPSA) is 75.9 Å². The minimum absolute atomic E-state index is 0.0320. The third kappa shape index (κ3) is 2.04. The van der Waals surface area contributed by atoms with E-state index in [1.54, 1.807) is 17.9 Å². The average Bonchev–Trinajstić information content (AvgIpc) is 2.45. The van der Waals surface area contributed by atoms with Gasteiger partial charge in [-0.25, -0.2) is 0 Å². The van der Waals surface area contributed by atoms with Crippen molar-refractivity contribution >= 4 is 17.3 Å². The van der Waals surface area contributed by atoms with Crippen LogP contribution < -0.4 is 9.64 Å². The summed E-state index contributed by atoms with van der Waals surface area (Å²) in [4.78, 5) is 25.8. The molecule has 1 saturated heterocycles. The van der Waals surface area contributed by atoms with Crippen molar-refractivity contribution in [2.24, 2.45) is 0 Å². The first-order valence-corrected chi connectivity index (χ1v) is 6.49. The Kier molecular flexibility index (Phi) is 2.96. The Labute approximate surface area is 115 Å². The first kappa shape index (κ1) is 12.7. The Balaban J connectivity index is 1.87. The van der Waals surface area contributed by atoms with Gasteiger partial charge in [0.2, 0.25) is 5.91 Å². The van der Waals surface area contributed by atoms with Crippen LogP contribution in [0.1, 0.15) is 6.92 Å². The summed E-state index contributed by atoms with van der Waals surface area (Å²) in [6, 6.07) is 4.79. The summed E-state index contributed by atoms with van der Waals surface area (Å²) >= 11 is 0. The summed E-state index contributed by atoms with van der Waals surface area (Å²) in [6.45, 7) is 4.03. The molecule has 0 saturated carbocycles. The molecule has 2 aliphatic heterocycles. The molecule has 1 amide bonds. The van der Waals surface area contributed by atoms with E-state index in [1.807, 2.05) is 0 Å². The van der Waals surface area contributed by atoms with Crippen molar-refractivity contribution in [3.8, 4) is 5.75 Å². The zero-order valence-corrected chi connectivity index (χ0v) is 11.1. The maximum absolute atomic E-state index is 11.4. The number of piperazine rings is 1. The van der Waals surface area contributed by atoms with Gasteiger partial charge in [-0.05, 0) is 6.07 Å². The van der Waals surface area contributed by atoms with Crippen molar-refractivity contribution in [2.45, 2.75) is 13.0 Å². The number of fused-ring (bicyclic) bond motifs is 3. The molecule has 106 valence electrons. The Morgan fingerprint density at radius 1 is 1.45 bits per heavy atom. The fourth-order valence-electron chi connectivity index (χ4n) is 2.76. The number of nitrogens with zero attached hydrogens (tertiary/aromatic N) is 3. The fourth-order valence-corrected chi connectivity index (χ4v) is 2.76. The van der Waals surface area contributed by atoms with Gasteiger partial charge in [0.1, 0.15) is 12.4 Å². The third-order valence-electron chi connectivity index (χ3n) is 3.82. The van der Waals surface area contributed by atoms with E-state index in [0.717, 1.165) is 12.2 Å².